The molecule has 0 amide bonds. The van der Waals surface area contributed by atoms with Gasteiger partial charge in [-0.1, -0.05) is 252 Å². The van der Waals surface area contributed by atoms with E-state index in [4.69, 9.17) is 14.2 Å². The van der Waals surface area contributed by atoms with Gasteiger partial charge in [0.15, 0.2) is 6.10 Å². The summed E-state index contributed by atoms with van der Waals surface area (Å²) in [4.78, 5) is 38.2. The third kappa shape index (κ3) is 54.9. The van der Waals surface area contributed by atoms with Crippen LogP contribution in [0.1, 0.15) is 252 Å². The first-order valence-corrected chi connectivity index (χ1v) is 28.5. The predicted molar refractivity (Wildman–Crippen MR) is 297 cm³/mol. The highest BCUT2D eigenvalue weighted by Crippen LogP contribution is 2.14. The molecule has 0 fully saturated rings. The largest absolute Gasteiger partial charge is 0.462 e. The Hall–Kier alpha value is -3.93. The molecule has 6 heteroatoms. The minimum Gasteiger partial charge on any atom is -0.462 e. The van der Waals surface area contributed by atoms with Crippen LogP contribution in [0, 0.1) is 0 Å². The van der Waals surface area contributed by atoms with E-state index in [1.807, 2.05) is 0 Å². The third-order valence-electron chi connectivity index (χ3n) is 11.9. The number of ether oxygens (including phenoxy) is 3. The van der Waals surface area contributed by atoms with Gasteiger partial charge in [-0.05, 0) is 89.9 Å². The van der Waals surface area contributed by atoms with Crippen molar-refractivity contribution in [3.05, 3.63) is 109 Å². The average molecular weight is 958 g/mol. The number of carbonyl (C=O) groups is 3. The molecule has 0 aliphatic carbocycles. The maximum Gasteiger partial charge on any atom is 0.306 e. The zero-order valence-electron chi connectivity index (χ0n) is 44.8. The second-order valence-electron chi connectivity index (χ2n) is 18.6. The van der Waals surface area contributed by atoms with E-state index in [-0.39, 0.29) is 31.1 Å². The van der Waals surface area contributed by atoms with Crippen LogP contribution in [0.2, 0.25) is 0 Å². The van der Waals surface area contributed by atoms with Gasteiger partial charge in [-0.15, -0.1) is 0 Å². The second-order valence-corrected chi connectivity index (χ2v) is 18.6. The minimum atomic E-state index is -0.805. The Morgan fingerprint density at radius 2 is 0.565 bits per heavy atom. The standard InChI is InChI=1S/C63H104O6/c1-4-7-10-13-16-19-22-25-28-30-32-35-38-41-44-47-50-53-56-62(65)68-59-60(58-67-61(64)55-52-49-46-43-40-37-34-27-24-21-18-15-12-9-6-3)69-63(66)57-54-51-48-45-42-39-36-33-31-29-26-23-20-17-14-11-8-5-2/h9,12,15,18,21-26,28-33,35-36,60H,4-8,10-11,13-14,16-17,19-20,27,34,37-59H2,1-3H3/b12-9-,18-15-,24-21-,25-22-,26-23-,30-28-,31-29-,35-32-,36-33-. The molecular formula is C63H104O6. The van der Waals surface area contributed by atoms with Crippen LogP contribution in [0.3, 0.4) is 0 Å². The van der Waals surface area contributed by atoms with Crippen molar-refractivity contribution in [2.75, 3.05) is 13.2 Å². The molecular weight excluding hydrogens is 853 g/mol. The van der Waals surface area contributed by atoms with Crippen molar-refractivity contribution in [3.8, 4) is 0 Å². The molecule has 392 valence electrons. The average Bonchev–Trinajstić information content (AvgIpc) is 3.35. The molecule has 0 bridgehead atoms. The number of unbranched alkanes of at least 4 members (excludes halogenated alkanes) is 27. The van der Waals surface area contributed by atoms with Crippen molar-refractivity contribution >= 4 is 17.9 Å². The summed E-state index contributed by atoms with van der Waals surface area (Å²) in [6.45, 7) is 6.43. The Morgan fingerprint density at radius 1 is 0.304 bits per heavy atom. The fourth-order valence-corrected chi connectivity index (χ4v) is 7.62. The van der Waals surface area contributed by atoms with Gasteiger partial charge in [-0.2, -0.15) is 0 Å². The van der Waals surface area contributed by atoms with Crippen LogP contribution < -0.4 is 0 Å². The summed E-state index contributed by atoms with van der Waals surface area (Å²) < 4.78 is 16.8. The lowest BCUT2D eigenvalue weighted by atomic mass is 10.1. The highest BCUT2D eigenvalue weighted by atomic mass is 16.6. The van der Waals surface area contributed by atoms with E-state index in [2.05, 4.69) is 130 Å². The Kier molecular flexibility index (Phi) is 53.4. The van der Waals surface area contributed by atoms with Crippen LogP contribution in [0.4, 0.5) is 0 Å². The number of hydrogen-bond acceptors (Lipinski definition) is 6. The van der Waals surface area contributed by atoms with Gasteiger partial charge in [0.05, 0.1) is 0 Å². The molecule has 0 rings (SSSR count). The van der Waals surface area contributed by atoms with Crippen LogP contribution in [0.5, 0.6) is 0 Å². The number of rotatable bonds is 50. The maximum absolute atomic E-state index is 12.9. The number of allylic oxidation sites excluding steroid dienone is 18. The Morgan fingerprint density at radius 3 is 0.870 bits per heavy atom. The first-order chi connectivity index (χ1) is 34.0. The molecule has 0 saturated carbocycles. The fourth-order valence-electron chi connectivity index (χ4n) is 7.62. The summed E-state index contributed by atoms with van der Waals surface area (Å²) in [5, 5.41) is 0. The molecule has 0 heterocycles. The third-order valence-corrected chi connectivity index (χ3v) is 11.9. The molecule has 1 atom stereocenters. The normalized spacial score (nSPS) is 12.9. The molecule has 0 aliphatic heterocycles. The molecule has 6 nitrogen and oxygen atoms in total. The van der Waals surface area contributed by atoms with Crippen molar-refractivity contribution in [2.24, 2.45) is 0 Å². The van der Waals surface area contributed by atoms with Gasteiger partial charge in [-0.3, -0.25) is 14.4 Å². The molecule has 0 aromatic rings. The van der Waals surface area contributed by atoms with Gasteiger partial charge >= 0.3 is 17.9 Å². The van der Waals surface area contributed by atoms with Gasteiger partial charge in [0.1, 0.15) is 13.2 Å². The fraction of sp³-hybridized carbons (Fsp3) is 0.667. The van der Waals surface area contributed by atoms with Crippen molar-refractivity contribution in [2.45, 2.75) is 258 Å². The lowest BCUT2D eigenvalue weighted by Crippen LogP contribution is -2.30. The van der Waals surface area contributed by atoms with Crippen LogP contribution >= 0.6 is 0 Å². The Labute approximate surface area is 425 Å². The summed E-state index contributed by atoms with van der Waals surface area (Å²) in [5.74, 6) is -0.952. The topological polar surface area (TPSA) is 78.9 Å². The maximum atomic E-state index is 12.9. The van der Waals surface area contributed by atoms with Crippen molar-refractivity contribution in [3.63, 3.8) is 0 Å². The highest BCUT2D eigenvalue weighted by molar-refractivity contribution is 5.71. The van der Waals surface area contributed by atoms with Crippen molar-refractivity contribution < 1.29 is 28.6 Å². The quantitative estimate of drug-likeness (QED) is 0.0262. The van der Waals surface area contributed by atoms with Gasteiger partial charge in [0, 0.05) is 19.3 Å². The Balaban J connectivity index is 4.50. The van der Waals surface area contributed by atoms with Crippen molar-refractivity contribution in [1.29, 1.82) is 0 Å². The van der Waals surface area contributed by atoms with E-state index >= 15 is 0 Å². The molecule has 0 saturated heterocycles. The SMILES string of the molecule is CC\C=C/C=C\C=C/CCCCCCCCCC(=O)OCC(COC(=O)CCCCCCC\C=C/C=C\C=C/CCCCCCC)OC(=O)CCCCCCC\C=C/C=C\C=C/CCCCCCC. The van der Waals surface area contributed by atoms with Gasteiger partial charge in [0.2, 0.25) is 0 Å². The van der Waals surface area contributed by atoms with Crippen LogP contribution in [0.15, 0.2) is 109 Å². The molecule has 0 N–H and O–H groups in total. The van der Waals surface area contributed by atoms with Crippen LogP contribution in [0.25, 0.3) is 0 Å². The molecule has 0 aliphatic rings. The lowest BCUT2D eigenvalue weighted by Gasteiger charge is -2.18. The van der Waals surface area contributed by atoms with Gasteiger partial charge in [-0.25, -0.2) is 0 Å². The highest BCUT2D eigenvalue weighted by Gasteiger charge is 2.19. The van der Waals surface area contributed by atoms with Crippen LogP contribution in [-0.4, -0.2) is 37.2 Å². The summed E-state index contributed by atoms with van der Waals surface area (Å²) >= 11 is 0. The van der Waals surface area contributed by atoms with E-state index in [1.54, 1.807) is 0 Å². The molecule has 1 unspecified atom stereocenters. The van der Waals surface area contributed by atoms with Gasteiger partial charge in [0.25, 0.3) is 0 Å². The summed E-state index contributed by atoms with van der Waals surface area (Å²) in [6.07, 6.45) is 76.4. The molecule has 0 aromatic carbocycles. The monoisotopic (exact) mass is 957 g/mol. The van der Waals surface area contributed by atoms with Gasteiger partial charge < -0.3 is 14.2 Å². The molecule has 0 radical (unpaired) electrons. The number of carbonyl (C=O) groups excluding carboxylic acids is 3. The summed E-state index contributed by atoms with van der Waals surface area (Å²) in [5.41, 5.74) is 0. The summed E-state index contributed by atoms with van der Waals surface area (Å²) in [6, 6.07) is 0. The van der Waals surface area contributed by atoms with E-state index in [0.29, 0.717) is 19.3 Å². The first kappa shape index (κ1) is 65.1. The molecule has 69 heavy (non-hydrogen) atoms. The zero-order chi connectivity index (χ0) is 50.0. The number of esters is 3. The zero-order valence-corrected chi connectivity index (χ0v) is 44.8. The van der Waals surface area contributed by atoms with E-state index in [9.17, 15) is 14.4 Å². The first-order valence-electron chi connectivity index (χ1n) is 28.5. The minimum absolute atomic E-state index is 0.101. The molecule has 0 spiro atoms. The smallest absolute Gasteiger partial charge is 0.306 e. The van der Waals surface area contributed by atoms with E-state index < -0.39 is 6.10 Å². The van der Waals surface area contributed by atoms with E-state index in [0.717, 1.165) is 122 Å². The lowest BCUT2D eigenvalue weighted by molar-refractivity contribution is -0.167. The Bertz CT molecular complexity index is 1420. The van der Waals surface area contributed by atoms with E-state index in [1.165, 1.54) is 89.9 Å². The number of hydrogen-bond donors (Lipinski definition) is 0. The molecule has 0 aromatic heterocycles. The van der Waals surface area contributed by atoms with Crippen molar-refractivity contribution in [1.82, 2.24) is 0 Å². The predicted octanol–water partition coefficient (Wildman–Crippen LogP) is 19.1. The second kappa shape index (κ2) is 56.7. The van der Waals surface area contributed by atoms with Crippen LogP contribution in [-0.2, 0) is 28.6 Å². The summed E-state index contributed by atoms with van der Waals surface area (Å²) in [7, 11) is 0.